The molecule has 0 radical (unpaired) electrons. The number of fused-ring (bicyclic) bond motifs is 1. The molecule has 154 valence electrons. The van der Waals surface area contributed by atoms with Crippen molar-refractivity contribution in [3.05, 3.63) is 65.9 Å². The van der Waals surface area contributed by atoms with Crippen molar-refractivity contribution < 1.29 is 9.47 Å². The molecule has 0 unspecified atom stereocenters. The minimum absolute atomic E-state index is 0. The second kappa shape index (κ2) is 11.5. The van der Waals surface area contributed by atoms with Gasteiger partial charge in [0.05, 0.1) is 26.3 Å². The third kappa shape index (κ3) is 5.96. The molecule has 3 aromatic rings. The van der Waals surface area contributed by atoms with Crippen molar-refractivity contribution >= 4 is 40.8 Å². The van der Waals surface area contributed by atoms with Gasteiger partial charge in [0.1, 0.15) is 11.5 Å². The van der Waals surface area contributed by atoms with Gasteiger partial charge in [-0.05, 0) is 30.7 Å². The summed E-state index contributed by atoms with van der Waals surface area (Å²) in [5.41, 5.74) is 3.13. The lowest BCUT2D eigenvalue weighted by Gasteiger charge is -2.13. The maximum Gasteiger partial charge on any atom is 0.191 e. The third-order valence-electron chi connectivity index (χ3n) is 4.41. The van der Waals surface area contributed by atoms with Crippen LogP contribution in [0.5, 0.6) is 11.5 Å². The summed E-state index contributed by atoms with van der Waals surface area (Å²) in [6, 6.07) is 16.0. The van der Waals surface area contributed by atoms with E-state index in [9.17, 15) is 0 Å². The van der Waals surface area contributed by atoms with Crippen molar-refractivity contribution in [2.45, 2.75) is 20.0 Å². The lowest BCUT2D eigenvalue weighted by atomic mass is 10.1. The lowest BCUT2D eigenvalue weighted by Crippen LogP contribution is -2.36. The minimum atomic E-state index is 0. The first-order valence-corrected chi connectivity index (χ1v) is 9.31. The molecule has 0 atom stereocenters. The van der Waals surface area contributed by atoms with Gasteiger partial charge in [-0.2, -0.15) is 0 Å². The molecule has 3 rings (SSSR count). The van der Waals surface area contributed by atoms with Crippen LogP contribution in [0.1, 0.15) is 18.1 Å². The van der Waals surface area contributed by atoms with Crippen molar-refractivity contribution in [3.63, 3.8) is 0 Å². The number of rotatable bonds is 7. The van der Waals surface area contributed by atoms with E-state index in [1.807, 2.05) is 43.5 Å². The van der Waals surface area contributed by atoms with Crippen LogP contribution in [0.4, 0.5) is 0 Å². The molecule has 29 heavy (non-hydrogen) atoms. The van der Waals surface area contributed by atoms with Crippen LogP contribution in [0, 0.1) is 0 Å². The second-order valence-electron chi connectivity index (χ2n) is 6.22. The SMILES string of the molecule is CCNC(=NCc1ccc(OC)cc1OC)NCc1cccc2cccnc12.I. The van der Waals surface area contributed by atoms with E-state index in [2.05, 4.69) is 33.8 Å². The van der Waals surface area contributed by atoms with Gasteiger partial charge >= 0.3 is 0 Å². The number of para-hydroxylation sites is 1. The fourth-order valence-electron chi connectivity index (χ4n) is 2.98. The van der Waals surface area contributed by atoms with Gasteiger partial charge < -0.3 is 20.1 Å². The molecule has 7 heteroatoms. The van der Waals surface area contributed by atoms with E-state index in [-0.39, 0.29) is 24.0 Å². The molecule has 0 aliphatic heterocycles. The van der Waals surface area contributed by atoms with Crippen LogP contribution in [0.25, 0.3) is 10.9 Å². The van der Waals surface area contributed by atoms with Crippen molar-refractivity contribution in [1.29, 1.82) is 0 Å². The monoisotopic (exact) mass is 506 g/mol. The molecule has 0 aliphatic rings. The summed E-state index contributed by atoms with van der Waals surface area (Å²) in [7, 11) is 3.29. The zero-order valence-corrected chi connectivity index (χ0v) is 19.3. The van der Waals surface area contributed by atoms with Crippen molar-refractivity contribution in [2.75, 3.05) is 20.8 Å². The Balaban J connectivity index is 0.00000300. The molecule has 1 heterocycles. The quantitative estimate of drug-likeness (QED) is 0.287. The van der Waals surface area contributed by atoms with Crippen LogP contribution in [-0.2, 0) is 13.1 Å². The van der Waals surface area contributed by atoms with Crippen molar-refractivity contribution in [1.82, 2.24) is 15.6 Å². The molecule has 0 saturated heterocycles. The summed E-state index contributed by atoms with van der Waals surface area (Å²) in [6.07, 6.45) is 1.82. The summed E-state index contributed by atoms with van der Waals surface area (Å²) >= 11 is 0. The van der Waals surface area contributed by atoms with Crippen LogP contribution >= 0.6 is 24.0 Å². The Morgan fingerprint density at radius 2 is 1.83 bits per heavy atom. The van der Waals surface area contributed by atoms with E-state index in [0.29, 0.717) is 13.1 Å². The number of nitrogens with zero attached hydrogens (tertiary/aromatic N) is 2. The zero-order valence-electron chi connectivity index (χ0n) is 16.9. The molecule has 0 amide bonds. The van der Waals surface area contributed by atoms with Crippen LogP contribution < -0.4 is 20.1 Å². The van der Waals surface area contributed by atoms with Crippen LogP contribution in [0.15, 0.2) is 59.7 Å². The highest BCUT2D eigenvalue weighted by Crippen LogP contribution is 2.25. The van der Waals surface area contributed by atoms with E-state index in [1.165, 1.54) is 0 Å². The minimum Gasteiger partial charge on any atom is -0.497 e. The molecule has 2 N–H and O–H groups in total. The molecule has 2 aromatic carbocycles. The summed E-state index contributed by atoms with van der Waals surface area (Å²) < 4.78 is 10.7. The van der Waals surface area contributed by atoms with Crippen LogP contribution in [0.3, 0.4) is 0 Å². The number of benzene rings is 2. The zero-order chi connectivity index (χ0) is 19.8. The number of ether oxygens (including phenoxy) is 2. The summed E-state index contributed by atoms with van der Waals surface area (Å²) in [5, 5.41) is 7.81. The van der Waals surface area contributed by atoms with E-state index in [4.69, 9.17) is 14.5 Å². The Morgan fingerprint density at radius 1 is 1.00 bits per heavy atom. The fourth-order valence-corrected chi connectivity index (χ4v) is 2.98. The molecular weight excluding hydrogens is 479 g/mol. The normalized spacial score (nSPS) is 10.9. The maximum atomic E-state index is 5.46. The summed E-state index contributed by atoms with van der Waals surface area (Å²) in [6.45, 7) is 3.96. The molecule has 0 saturated carbocycles. The first kappa shape index (κ1) is 22.7. The first-order chi connectivity index (χ1) is 13.7. The maximum absolute atomic E-state index is 5.46. The van der Waals surface area contributed by atoms with Crippen molar-refractivity contribution in [2.24, 2.45) is 4.99 Å². The number of hydrogen-bond donors (Lipinski definition) is 2. The number of aliphatic imine (C=N–C) groups is 1. The predicted octanol–water partition coefficient (Wildman–Crippen LogP) is 4.13. The largest absolute Gasteiger partial charge is 0.497 e. The lowest BCUT2D eigenvalue weighted by molar-refractivity contribution is 0.391. The number of guanidine groups is 1. The molecule has 0 bridgehead atoms. The molecule has 1 aromatic heterocycles. The Morgan fingerprint density at radius 3 is 2.59 bits per heavy atom. The van der Waals surface area contributed by atoms with Gasteiger partial charge in [-0.15, -0.1) is 24.0 Å². The number of halogens is 1. The molecule has 0 aliphatic carbocycles. The Hall–Kier alpha value is -2.55. The van der Waals surface area contributed by atoms with Gasteiger partial charge in [0.25, 0.3) is 0 Å². The topological polar surface area (TPSA) is 67.8 Å². The third-order valence-corrected chi connectivity index (χ3v) is 4.41. The highest BCUT2D eigenvalue weighted by Gasteiger charge is 2.07. The summed E-state index contributed by atoms with van der Waals surface area (Å²) in [5.74, 6) is 2.27. The van der Waals surface area contributed by atoms with E-state index in [1.54, 1.807) is 14.2 Å². The van der Waals surface area contributed by atoms with Crippen molar-refractivity contribution in [3.8, 4) is 11.5 Å². The Labute approximate surface area is 188 Å². The predicted molar refractivity (Wildman–Crippen MR) is 128 cm³/mol. The first-order valence-electron chi connectivity index (χ1n) is 9.31. The fraction of sp³-hybridized carbons (Fsp3) is 0.273. The molecule has 6 nitrogen and oxygen atoms in total. The molecular formula is C22H27IN4O2. The summed E-state index contributed by atoms with van der Waals surface area (Å²) in [4.78, 5) is 9.21. The van der Waals surface area contributed by atoms with Gasteiger partial charge in [-0.25, -0.2) is 4.99 Å². The number of aromatic nitrogens is 1. The van der Waals surface area contributed by atoms with Gasteiger partial charge in [-0.1, -0.05) is 24.3 Å². The van der Waals surface area contributed by atoms with E-state index < -0.39 is 0 Å². The highest BCUT2D eigenvalue weighted by atomic mass is 127. The number of hydrogen-bond acceptors (Lipinski definition) is 4. The molecule has 0 spiro atoms. The standard InChI is InChI=1S/C22H26N4O2.HI/c1-4-23-22(25-14-17-10-11-19(27-2)13-20(17)28-3)26-15-18-8-5-7-16-9-6-12-24-21(16)18;/h5-13H,4,14-15H2,1-3H3,(H2,23,25,26);1H. The highest BCUT2D eigenvalue weighted by molar-refractivity contribution is 14.0. The number of pyridine rings is 1. The van der Waals surface area contributed by atoms with Gasteiger partial charge in [0.2, 0.25) is 0 Å². The molecule has 0 fully saturated rings. The van der Waals surface area contributed by atoms with E-state index in [0.717, 1.165) is 46.0 Å². The van der Waals surface area contributed by atoms with Gasteiger partial charge in [-0.3, -0.25) is 4.98 Å². The van der Waals surface area contributed by atoms with Crippen LogP contribution in [0.2, 0.25) is 0 Å². The Bertz CT molecular complexity index is 957. The number of methoxy groups -OCH3 is 2. The second-order valence-corrected chi connectivity index (χ2v) is 6.22. The average Bonchev–Trinajstić information content (AvgIpc) is 2.75. The van der Waals surface area contributed by atoms with E-state index >= 15 is 0 Å². The average molecular weight is 506 g/mol. The Kier molecular flexibility index (Phi) is 8.98. The van der Waals surface area contributed by atoms with Gasteiger partial charge in [0, 0.05) is 36.3 Å². The smallest absolute Gasteiger partial charge is 0.191 e. The van der Waals surface area contributed by atoms with Crippen LogP contribution in [-0.4, -0.2) is 31.7 Å². The number of nitrogens with one attached hydrogen (secondary N) is 2. The van der Waals surface area contributed by atoms with Gasteiger partial charge in [0.15, 0.2) is 5.96 Å².